The van der Waals surface area contributed by atoms with E-state index in [-0.39, 0.29) is 11.8 Å². The third kappa shape index (κ3) is 6.03. The Kier molecular flexibility index (Phi) is 7.88. The van der Waals surface area contributed by atoms with Gasteiger partial charge >= 0.3 is 0 Å². The minimum Gasteiger partial charge on any atom is -0.342 e. The van der Waals surface area contributed by atoms with Gasteiger partial charge in [0.1, 0.15) is 0 Å². The van der Waals surface area contributed by atoms with E-state index in [1.54, 1.807) is 18.3 Å². The van der Waals surface area contributed by atoms with Crippen molar-refractivity contribution in [2.75, 3.05) is 59.4 Å². The number of nitrogens with zero attached hydrogens (tertiary/aromatic N) is 4. The van der Waals surface area contributed by atoms with Gasteiger partial charge in [-0.3, -0.25) is 14.5 Å². The molecule has 2 saturated heterocycles. The average molecular weight is 407 g/mol. The summed E-state index contributed by atoms with van der Waals surface area (Å²) < 4.78 is 0. The SMILES string of the molecule is CC(=O)N1CCCN(Cc2ccc(C(=O)N(C)CCN3CCCCC3)s2)CC1. The predicted octanol–water partition coefficient (Wildman–Crippen LogP) is 2.36. The number of hydrogen-bond acceptors (Lipinski definition) is 5. The Morgan fingerprint density at radius 3 is 2.46 bits per heavy atom. The molecule has 0 aliphatic carbocycles. The summed E-state index contributed by atoms with van der Waals surface area (Å²) in [4.78, 5) is 35.0. The lowest BCUT2D eigenvalue weighted by molar-refractivity contribution is -0.128. The van der Waals surface area contributed by atoms with Crippen LogP contribution in [-0.2, 0) is 11.3 Å². The molecule has 2 amide bonds. The van der Waals surface area contributed by atoms with Crippen molar-refractivity contribution in [2.45, 2.75) is 39.2 Å². The number of likely N-dealkylation sites (tertiary alicyclic amines) is 1. The molecular formula is C21H34N4O2S. The molecule has 156 valence electrons. The van der Waals surface area contributed by atoms with Crippen LogP contribution in [0.3, 0.4) is 0 Å². The number of rotatable bonds is 6. The molecule has 28 heavy (non-hydrogen) atoms. The van der Waals surface area contributed by atoms with Gasteiger partial charge in [0.15, 0.2) is 0 Å². The summed E-state index contributed by atoms with van der Waals surface area (Å²) in [6.07, 6.45) is 4.92. The van der Waals surface area contributed by atoms with Crippen molar-refractivity contribution in [3.63, 3.8) is 0 Å². The maximum Gasteiger partial charge on any atom is 0.263 e. The van der Waals surface area contributed by atoms with Crippen LogP contribution in [0.2, 0.25) is 0 Å². The van der Waals surface area contributed by atoms with Gasteiger partial charge < -0.3 is 14.7 Å². The van der Waals surface area contributed by atoms with Crippen molar-refractivity contribution < 1.29 is 9.59 Å². The van der Waals surface area contributed by atoms with E-state index in [1.807, 2.05) is 22.9 Å². The first kappa shape index (κ1) is 21.3. The maximum absolute atomic E-state index is 12.8. The second kappa shape index (κ2) is 10.4. The van der Waals surface area contributed by atoms with Gasteiger partial charge in [0.2, 0.25) is 5.91 Å². The fraction of sp³-hybridized carbons (Fsp3) is 0.714. The lowest BCUT2D eigenvalue weighted by Crippen LogP contribution is -2.38. The van der Waals surface area contributed by atoms with Crippen LogP contribution in [0, 0.1) is 0 Å². The molecule has 1 aromatic rings. The van der Waals surface area contributed by atoms with Crippen molar-refractivity contribution in [1.82, 2.24) is 19.6 Å². The van der Waals surface area contributed by atoms with E-state index in [0.717, 1.165) is 57.1 Å². The summed E-state index contributed by atoms with van der Waals surface area (Å²) in [6.45, 7) is 10.2. The molecule has 7 heteroatoms. The molecule has 0 N–H and O–H groups in total. The molecule has 2 fully saturated rings. The van der Waals surface area contributed by atoms with E-state index in [2.05, 4.69) is 15.9 Å². The summed E-state index contributed by atoms with van der Waals surface area (Å²) >= 11 is 1.61. The number of likely N-dealkylation sites (N-methyl/N-ethyl adjacent to an activating group) is 1. The van der Waals surface area contributed by atoms with Crippen molar-refractivity contribution in [3.8, 4) is 0 Å². The van der Waals surface area contributed by atoms with Crippen LogP contribution in [0.25, 0.3) is 0 Å². The molecule has 0 atom stereocenters. The predicted molar refractivity (Wildman–Crippen MR) is 114 cm³/mol. The molecule has 0 spiro atoms. The maximum atomic E-state index is 12.8. The van der Waals surface area contributed by atoms with Crippen LogP contribution in [0.15, 0.2) is 12.1 Å². The molecule has 2 aliphatic heterocycles. The van der Waals surface area contributed by atoms with Gasteiger partial charge in [-0.2, -0.15) is 0 Å². The number of amides is 2. The van der Waals surface area contributed by atoms with Crippen LogP contribution < -0.4 is 0 Å². The molecule has 0 radical (unpaired) electrons. The molecule has 0 aromatic carbocycles. The second-order valence-electron chi connectivity index (χ2n) is 8.03. The molecule has 3 rings (SSSR count). The molecule has 0 unspecified atom stereocenters. The summed E-state index contributed by atoms with van der Waals surface area (Å²) in [7, 11) is 1.91. The highest BCUT2D eigenvalue weighted by atomic mass is 32.1. The topological polar surface area (TPSA) is 47.1 Å². The van der Waals surface area contributed by atoms with Gasteiger partial charge in [0, 0.05) is 64.7 Å². The van der Waals surface area contributed by atoms with Gasteiger partial charge in [-0.1, -0.05) is 6.42 Å². The second-order valence-corrected chi connectivity index (χ2v) is 9.20. The minimum absolute atomic E-state index is 0.131. The minimum atomic E-state index is 0.131. The van der Waals surface area contributed by atoms with Crippen LogP contribution in [-0.4, -0.2) is 90.8 Å². The lowest BCUT2D eigenvalue weighted by atomic mass is 10.1. The molecule has 1 aromatic heterocycles. The highest BCUT2D eigenvalue weighted by Crippen LogP contribution is 2.21. The Bertz CT molecular complexity index is 657. The fourth-order valence-corrected chi connectivity index (χ4v) is 5.05. The number of carbonyl (C=O) groups excluding carboxylic acids is 2. The van der Waals surface area contributed by atoms with E-state index in [4.69, 9.17) is 0 Å². The number of carbonyl (C=O) groups is 2. The third-order valence-corrected chi connectivity index (χ3v) is 6.89. The van der Waals surface area contributed by atoms with Gasteiger partial charge in [-0.25, -0.2) is 0 Å². The molecule has 0 saturated carbocycles. The first-order valence-corrected chi connectivity index (χ1v) is 11.4. The Hall–Kier alpha value is -1.44. The number of hydrogen-bond donors (Lipinski definition) is 0. The summed E-state index contributed by atoms with van der Waals surface area (Å²) in [5.41, 5.74) is 0. The highest BCUT2D eigenvalue weighted by molar-refractivity contribution is 7.14. The van der Waals surface area contributed by atoms with Crippen LogP contribution >= 0.6 is 11.3 Å². The zero-order valence-corrected chi connectivity index (χ0v) is 18.2. The summed E-state index contributed by atoms with van der Waals surface area (Å²) in [6, 6.07) is 4.06. The van der Waals surface area contributed by atoms with Gasteiger partial charge in [-0.05, 0) is 44.5 Å². The van der Waals surface area contributed by atoms with Crippen LogP contribution in [0.1, 0.15) is 47.2 Å². The monoisotopic (exact) mass is 406 g/mol. The molecular weight excluding hydrogens is 372 g/mol. The number of thiophene rings is 1. The third-order valence-electron chi connectivity index (χ3n) is 5.83. The zero-order valence-electron chi connectivity index (χ0n) is 17.4. The average Bonchev–Trinajstić information content (AvgIpc) is 3.03. The van der Waals surface area contributed by atoms with Crippen molar-refractivity contribution >= 4 is 23.2 Å². The largest absolute Gasteiger partial charge is 0.342 e. The molecule has 0 bridgehead atoms. The van der Waals surface area contributed by atoms with Crippen LogP contribution in [0.5, 0.6) is 0 Å². The lowest BCUT2D eigenvalue weighted by Gasteiger charge is -2.28. The Labute approximate surface area is 173 Å². The quantitative estimate of drug-likeness (QED) is 0.728. The summed E-state index contributed by atoms with van der Waals surface area (Å²) in [5, 5.41) is 0. The van der Waals surface area contributed by atoms with E-state index in [0.29, 0.717) is 0 Å². The Morgan fingerprint density at radius 2 is 1.71 bits per heavy atom. The standard InChI is InChI=1S/C21H34N4O2S/c1-18(26)25-12-6-11-24(15-16-25)17-19-7-8-20(28-19)21(27)22(2)13-14-23-9-4-3-5-10-23/h7-8H,3-6,9-17H2,1-2H3. The first-order valence-electron chi connectivity index (χ1n) is 10.6. The van der Waals surface area contributed by atoms with E-state index in [9.17, 15) is 9.59 Å². The van der Waals surface area contributed by atoms with E-state index in [1.165, 1.54) is 37.2 Å². The molecule has 6 nitrogen and oxygen atoms in total. The fourth-order valence-electron chi connectivity index (χ4n) is 4.01. The Balaban J connectivity index is 1.47. The van der Waals surface area contributed by atoms with Crippen molar-refractivity contribution in [1.29, 1.82) is 0 Å². The van der Waals surface area contributed by atoms with Gasteiger partial charge in [0.05, 0.1) is 4.88 Å². The first-order chi connectivity index (χ1) is 13.5. The van der Waals surface area contributed by atoms with Crippen molar-refractivity contribution in [2.24, 2.45) is 0 Å². The molecule has 3 heterocycles. The zero-order chi connectivity index (χ0) is 19.9. The van der Waals surface area contributed by atoms with Gasteiger partial charge in [-0.15, -0.1) is 11.3 Å². The number of piperidine rings is 1. The van der Waals surface area contributed by atoms with Gasteiger partial charge in [0.25, 0.3) is 5.91 Å². The van der Waals surface area contributed by atoms with E-state index >= 15 is 0 Å². The normalized spacial score (nSPS) is 19.4. The van der Waals surface area contributed by atoms with Crippen molar-refractivity contribution in [3.05, 3.63) is 21.9 Å². The smallest absolute Gasteiger partial charge is 0.263 e. The van der Waals surface area contributed by atoms with Crippen LogP contribution in [0.4, 0.5) is 0 Å². The summed E-state index contributed by atoms with van der Waals surface area (Å²) in [5.74, 6) is 0.297. The van der Waals surface area contributed by atoms with E-state index < -0.39 is 0 Å². The Morgan fingerprint density at radius 1 is 0.964 bits per heavy atom. The highest BCUT2D eigenvalue weighted by Gasteiger charge is 2.19. The molecule has 2 aliphatic rings.